The molecular formula is C9H15BrN4O. The Hall–Kier alpha value is -0.880. The zero-order valence-electron chi connectivity index (χ0n) is 8.57. The van der Waals surface area contributed by atoms with Gasteiger partial charge in [0, 0.05) is 19.2 Å². The maximum Gasteiger partial charge on any atom is 0.225 e. The van der Waals surface area contributed by atoms with Gasteiger partial charge >= 0.3 is 0 Å². The molecule has 0 aliphatic heterocycles. The molecule has 0 saturated heterocycles. The Morgan fingerprint density at radius 2 is 2.33 bits per heavy atom. The maximum atomic E-state index is 8.74. The summed E-state index contributed by atoms with van der Waals surface area (Å²) in [6, 6.07) is 1.64. The van der Waals surface area contributed by atoms with Crippen LogP contribution in [0.2, 0.25) is 0 Å². The van der Waals surface area contributed by atoms with Crippen molar-refractivity contribution < 1.29 is 5.11 Å². The minimum absolute atomic E-state index is 0.199. The van der Waals surface area contributed by atoms with Crippen molar-refractivity contribution in [3.05, 3.63) is 10.7 Å². The molecule has 0 radical (unpaired) electrons. The van der Waals surface area contributed by atoms with Crippen molar-refractivity contribution in [1.29, 1.82) is 0 Å². The number of aliphatic hydroxyl groups excluding tert-OH is 1. The molecule has 0 aliphatic carbocycles. The second-order valence-corrected chi connectivity index (χ2v) is 4.25. The average molecular weight is 275 g/mol. The Balaban J connectivity index is 2.50. The molecule has 1 aromatic rings. The van der Waals surface area contributed by atoms with Crippen molar-refractivity contribution in [1.82, 2.24) is 9.97 Å². The highest BCUT2D eigenvalue weighted by Crippen LogP contribution is 2.12. The van der Waals surface area contributed by atoms with Gasteiger partial charge in [-0.3, -0.25) is 0 Å². The van der Waals surface area contributed by atoms with Crippen LogP contribution in [0.15, 0.2) is 10.7 Å². The van der Waals surface area contributed by atoms with Gasteiger partial charge in [-0.1, -0.05) is 6.92 Å². The monoisotopic (exact) mass is 274 g/mol. The Bertz CT molecular complexity index is 301. The highest BCUT2D eigenvalue weighted by atomic mass is 79.9. The second-order valence-electron chi connectivity index (χ2n) is 3.44. The summed E-state index contributed by atoms with van der Waals surface area (Å²) < 4.78 is 0.660. The number of nitrogens with zero attached hydrogens (tertiary/aromatic N) is 2. The van der Waals surface area contributed by atoms with E-state index in [1.165, 1.54) is 0 Å². The Labute approximate surface area is 97.2 Å². The Morgan fingerprint density at radius 1 is 1.60 bits per heavy atom. The van der Waals surface area contributed by atoms with Gasteiger partial charge in [-0.2, -0.15) is 4.98 Å². The highest BCUT2D eigenvalue weighted by molar-refractivity contribution is 9.10. The highest BCUT2D eigenvalue weighted by Gasteiger charge is 2.03. The summed E-state index contributed by atoms with van der Waals surface area (Å²) in [4.78, 5) is 8.15. The molecule has 0 amide bonds. The number of nitrogens with one attached hydrogen (secondary N) is 1. The van der Waals surface area contributed by atoms with Crippen LogP contribution in [-0.4, -0.2) is 28.2 Å². The largest absolute Gasteiger partial charge is 0.396 e. The van der Waals surface area contributed by atoms with Crippen LogP contribution in [0.5, 0.6) is 0 Å². The van der Waals surface area contributed by atoms with E-state index in [9.17, 15) is 0 Å². The third-order valence-corrected chi connectivity index (χ3v) is 2.35. The molecule has 1 atom stereocenters. The van der Waals surface area contributed by atoms with E-state index in [4.69, 9.17) is 10.8 Å². The van der Waals surface area contributed by atoms with Gasteiger partial charge in [-0.15, -0.1) is 0 Å². The lowest BCUT2D eigenvalue weighted by atomic mass is 10.1. The molecule has 5 nitrogen and oxygen atoms in total. The first-order chi connectivity index (χ1) is 7.11. The zero-order valence-corrected chi connectivity index (χ0v) is 10.2. The summed E-state index contributed by atoms with van der Waals surface area (Å²) in [5.74, 6) is 1.31. The van der Waals surface area contributed by atoms with E-state index < -0.39 is 0 Å². The summed E-state index contributed by atoms with van der Waals surface area (Å²) >= 11 is 3.24. The predicted octanol–water partition coefficient (Wildman–Crippen LogP) is 1.25. The third kappa shape index (κ3) is 4.44. The molecule has 1 rings (SSSR count). The maximum absolute atomic E-state index is 8.74. The second kappa shape index (κ2) is 5.87. The van der Waals surface area contributed by atoms with E-state index in [-0.39, 0.29) is 6.61 Å². The van der Waals surface area contributed by atoms with E-state index in [1.807, 2.05) is 6.92 Å². The summed E-state index contributed by atoms with van der Waals surface area (Å²) in [7, 11) is 0. The van der Waals surface area contributed by atoms with E-state index in [0.717, 1.165) is 13.0 Å². The molecule has 15 heavy (non-hydrogen) atoms. The minimum atomic E-state index is 0.199. The van der Waals surface area contributed by atoms with E-state index in [2.05, 4.69) is 31.2 Å². The molecule has 84 valence electrons. The van der Waals surface area contributed by atoms with Gasteiger partial charge in [0.15, 0.2) is 0 Å². The van der Waals surface area contributed by atoms with E-state index >= 15 is 0 Å². The normalized spacial score (nSPS) is 12.5. The first-order valence-corrected chi connectivity index (χ1v) is 5.56. The Kier molecular flexibility index (Phi) is 4.77. The molecule has 0 saturated carbocycles. The van der Waals surface area contributed by atoms with Gasteiger partial charge in [0.25, 0.3) is 0 Å². The first-order valence-electron chi connectivity index (χ1n) is 4.76. The molecule has 1 heterocycles. The van der Waals surface area contributed by atoms with Crippen molar-refractivity contribution >= 4 is 27.7 Å². The molecule has 0 fully saturated rings. The molecule has 6 heteroatoms. The first kappa shape index (κ1) is 12.2. The topological polar surface area (TPSA) is 84.1 Å². The van der Waals surface area contributed by atoms with E-state index in [0.29, 0.717) is 22.3 Å². The molecule has 0 aromatic carbocycles. The van der Waals surface area contributed by atoms with Crippen molar-refractivity contribution in [3.8, 4) is 0 Å². The summed E-state index contributed by atoms with van der Waals surface area (Å²) in [6.45, 7) is 2.96. The summed E-state index contributed by atoms with van der Waals surface area (Å²) in [6.07, 6.45) is 0.760. The number of rotatable bonds is 5. The lowest BCUT2D eigenvalue weighted by molar-refractivity contribution is 0.265. The number of hydrogen-bond donors (Lipinski definition) is 3. The fraction of sp³-hybridized carbons (Fsp3) is 0.556. The van der Waals surface area contributed by atoms with Crippen LogP contribution in [0.3, 0.4) is 0 Å². The Morgan fingerprint density at radius 3 is 2.93 bits per heavy atom. The smallest absolute Gasteiger partial charge is 0.225 e. The number of aromatic nitrogens is 2. The van der Waals surface area contributed by atoms with Crippen molar-refractivity contribution in [2.75, 3.05) is 24.2 Å². The third-order valence-electron chi connectivity index (χ3n) is 1.95. The molecule has 1 unspecified atom stereocenters. The van der Waals surface area contributed by atoms with Crippen molar-refractivity contribution in [3.63, 3.8) is 0 Å². The SMILES string of the molecule is CC(CCO)CNc1nc(N)cc(Br)n1. The average Bonchev–Trinajstić information content (AvgIpc) is 2.14. The summed E-state index contributed by atoms with van der Waals surface area (Å²) in [5, 5.41) is 11.8. The molecule has 4 N–H and O–H groups in total. The van der Waals surface area contributed by atoms with Crippen molar-refractivity contribution in [2.24, 2.45) is 5.92 Å². The number of nitrogens with two attached hydrogens (primary N) is 1. The van der Waals surface area contributed by atoms with Gasteiger partial charge in [0.05, 0.1) is 0 Å². The van der Waals surface area contributed by atoms with Crippen LogP contribution in [0.25, 0.3) is 0 Å². The molecule has 0 bridgehead atoms. The fourth-order valence-corrected chi connectivity index (χ4v) is 1.50. The summed E-state index contributed by atoms with van der Waals surface area (Å²) in [5.41, 5.74) is 5.56. The van der Waals surface area contributed by atoms with Crippen LogP contribution in [0.4, 0.5) is 11.8 Å². The lowest BCUT2D eigenvalue weighted by Crippen LogP contribution is -2.14. The quantitative estimate of drug-likeness (QED) is 0.704. The predicted molar refractivity (Wildman–Crippen MR) is 63.5 cm³/mol. The van der Waals surface area contributed by atoms with Crippen molar-refractivity contribution in [2.45, 2.75) is 13.3 Å². The van der Waals surface area contributed by atoms with Gasteiger partial charge < -0.3 is 16.2 Å². The fourth-order valence-electron chi connectivity index (χ4n) is 1.10. The number of halogens is 1. The minimum Gasteiger partial charge on any atom is -0.396 e. The molecule has 1 aromatic heterocycles. The molecule has 0 spiro atoms. The molecule has 0 aliphatic rings. The van der Waals surface area contributed by atoms with Crippen LogP contribution < -0.4 is 11.1 Å². The van der Waals surface area contributed by atoms with Gasteiger partial charge in [0.1, 0.15) is 10.4 Å². The van der Waals surface area contributed by atoms with Crippen LogP contribution in [0.1, 0.15) is 13.3 Å². The molecular weight excluding hydrogens is 260 g/mol. The van der Waals surface area contributed by atoms with Crippen LogP contribution in [-0.2, 0) is 0 Å². The zero-order chi connectivity index (χ0) is 11.3. The number of anilines is 2. The van der Waals surface area contributed by atoms with Gasteiger partial charge in [-0.25, -0.2) is 4.98 Å². The van der Waals surface area contributed by atoms with Gasteiger partial charge in [-0.05, 0) is 28.3 Å². The van der Waals surface area contributed by atoms with Crippen LogP contribution in [0, 0.1) is 5.92 Å². The standard InChI is InChI=1S/C9H15BrN4O/c1-6(2-3-15)5-12-9-13-7(10)4-8(11)14-9/h4,6,15H,2-3,5H2,1H3,(H3,11,12,13,14). The number of nitrogen functional groups attached to an aromatic ring is 1. The number of aliphatic hydroxyl groups is 1. The van der Waals surface area contributed by atoms with Crippen LogP contribution >= 0.6 is 15.9 Å². The van der Waals surface area contributed by atoms with E-state index in [1.54, 1.807) is 6.07 Å². The van der Waals surface area contributed by atoms with Gasteiger partial charge in [0.2, 0.25) is 5.95 Å². The number of hydrogen-bond acceptors (Lipinski definition) is 5. The lowest BCUT2D eigenvalue weighted by Gasteiger charge is -2.11.